The van der Waals surface area contributed by atoms with E-state index >= 15 is 0 Å². The summed E-state index contributed by atoms with van der Waals surface area (Å²) in [5, 5.41) is 2.82. The third-order valence-corrected chi connectivity index (χ3v) is 2.95. The number of furan rings is 1. The summed E-state index contributed by atoms with van der Waals surface area (Å²) in [4.78, 5) is 12.1. The zero-order valence-electron chi connectivity index (χ0n) is 10.7. The molecular weight excluding hydrogens is 250 g/mol. The molecule has 3 heteroatoms. The standard InChI is InChI=1S/C17H13NO2/c19-17(18-15-9-5-2-6-10-15)14-11-16(20-12-14)13-7-3-1-4-8-13/h1-12H,(H,18,19). The van der Waals surface area contributed by atoms with Gasteiger partial charge in [-0.25, -0.2) is 0 Å². The van der Waals surface area contributed by atoms with Crippen molar-refractivity contribution >= 4 is 11.6 Å². The quantitative estimate of drug-likeness (QED) is 0.769. The summed E-state index contributed by atoms with van der Waals surface area (Å²) in [5.74, 6) is 0.506. The minimum atomic E-state index is -0.179. The Kier molecular flexibility index (Phi) is 3.33. The molecule has 1 heterocycles. The van der Waals surface area contributed by atoms with Crippen LogP contribution in [0.15, 0.2) is 77.4 Å². The van der Waals surface area contributed by atoms with Crippen LogP contribution in [0, 0.1) is 0 Å². The number of nitrogens with one attached hydrogen (secondary N) is 1. The van der Waals surface area contributed by atoms with Gasteiger partial charge < -0.3 is 9.73 Å². The lowest BCUT2D eigenvalue weighted by Gasteiger charge is -2.01. The predicted molar refractivity (Wildman–Crippen MR) is 78.5 cm³/mol. The van der Waals surface area contributed by atoms with Crippen molar-refractivity contribution in [3.05, 3.63) is 78.6 Å². The van der Waals surface area contributed by atoms with Crippen molar-refractivity contribution in [2.45, 2.75) is 0 Å². The van der Waals surface area contributed by atoms with E-state index in [-0.39, 0.29) is 5.91 Å². The van der Waals surface area contributed by atoms with Crippen LogP contribution in [0.2, 0.25) is 0 Å². The van der Waals surface area contributed by atoms with Crippen molar-refractivity contribution in [3.63, 3.8) is 0 Å². The van der Waals surface area contributed by atoms with Gasteiger partial charge in [0.25, 0.3) is 5.91 Å². The van der Waals surface area contributed by atoms with Crippen molar-refractivity contribution in [1.82, 2.24) is 0 Å². The third kappa shape index (κ3) is 2.62. The van der Waals surface area contributed by atoms with Crippen LogP contribution in [-0.4, -0.2) is 5.91 Å². The first-order valence-corrected chi connectivity index (χ1v) is 6.33. The average Bonchev–Trinajstić information content (AvgIpc) is 2.99. The summed E-state index contributed by atoms with van der Waals surface area (Å²) < 4.78 is 5.45. The highest BCUT2D eigenvalue weighted by Crippen LogP contribution is 2.22. The minimum Gasteiger partial charge on any atom is -0.464 e. The van der Waals surface area contributed by atoms with Gasteiger partial charge in [0.05, 0.1) is 5.56 Å². The molecule has 1 N–H and O–H groups in total. The highest BCUT2D eigenvalue weighted by molar-refractivity contribution is 6.04. The van der Waals surface area contributed by atoms with Crippen LogP contribution < -0.4 is 5.32 Å². The summed E-state index contributed by atoms with van der Waals surface area (Å²) in [6.45, 7) is 0. The molecule has 0 spiro atoms. The fourth-order valence-corrected chi connectivity index (χ4v) is 1.93. The van der Waals surface area contributed by atoms with Crippen LogP contribution in [-0.2, 0) is 0 Å². The van der Waals surface area contributed by atoms with Crippen LogP contribution in [0.5, 0.6) is 0 Å². The first kappa shape index (κ1) is 12.2. The minimum absolute atomic E-state index is 0.179. The Morgan fingerprint density at radius 2 is 1.55 bits per heavy atom. The normalized spacial score (nSPS) is 10.2. The van der Waals surface area contributed by atoms with Gasteiger partial charge in [-0.15, -0.1) is 0 Å². The molecule has 0 atom stereocenters. The number of carbonyl (C=O) groups excluding carboxylic acids is 1. The van der Waals surface area contributed by atoms with E-state index in [0.717, 1.165) is 11.3 Å². The zero-order valence-corrected chi connectivity index (χ0v) is 10.7. The van der Waals surface area contributed by atoms with E-state index in [9.17, 15) is 4.79 Å². The lowest BCUT2D eigenvalue weighted by molar-refractivity contribution is 0.102. The molecule has 0 bridgehead atoms. The van der Waals surface area contributed by atoms with Crippen LogP contribution >= 0.6 is 0 Å². The number of para-hydroxylation sites is 1. The van der Waals surface area contributed by atoms with Crippen LogP contribution in [0.3, 0.4) is 0 Å². The summed E-state index contributed by atoms with van der Waals surface area (Å²) in [5.41, 5.74) is 2.22. The van der Waals surface area contributed by atoms with Crippen LogP contribution in [0.1, 0.15) is 10.4 Å². The Bertz CT molecular complexity index is 702. The van der Waals surface area contributed by atoms with Gasteiger partial charge in [-0.05, 0) is 18.2 Å². The van der Waals surface area contributed by atoms with Gasteiger partial charge in [-0.2, -0.15) is 0 Å². The van der Waals surface area contributed by atoms with Gasteiger partial charge in [0.1, 0.15) is 12.0 Å². The van der Waals surface area contributed by atoms with Crippen molar-refractivity contribution in [1.29, 1.82) is 0 Å². The van der Waals surface area contributed by atoms with E-state index in [1.807, 2.05) is 60.7 Å². The van der Waals surface area contributed by atoms with E-state index in [1.54, 1.807) is 6.07 Å². The molecular formula is C17H13NO2. The van der Waals surface area contributed by atoms with E-state index in [0.29, 0.717) is 11.3 Å². The highest BCUT2D eigenvalue weighted by atomic mass is 16.3. The van der Waals surface area contributed by atoms with Crippen molar-refractivity contribution in [3.8, 4) is 11.3 Å². The summed E-state index contributed by atoms with van der Waals surface area (Å²) >= 11 is 0. The highest BCUT2D eigenvalue weighted by Gasteiger charge is 2.11. The van der Waals surface area contributed by atoms with Gasteiger partial charge in [-0.3, -0.25) is 4.79 Å². The summed E-state index contributed by atoms with van der Waals surface area (Å²) in [6, 6.07) is 20.8. The fourth-order valence-electron chi connectivity index (χ4n) is 1.93. The number of hydrogen-bond donors (Lipinski definition) is 1. The molecule has 0 fully saturated rings. The molecule has 0 aliphatic heterocycles. The molecule has 3 nitrogen and oxygen atoms in total. The Labute approximate surface area is 116 Å². The van der Waals surface area contributed by atoms with Crippen molar-refractivity contribution in [2.75, 3.05) is 5.32 Å². The second-order valence-electron chi connectivity index (χ2n) is 4.39. The number of benzene rings is 2. The maximum absolute atomic E-state index is 12.1. The molecule has 0 aliphatic rings. The van der Waals surface area contributed by atoms with Gasteiger partial charge in [0.2, 0.25) is 0 Å². The number of amides is 1. The summed E-state index contributed by atoms with van der Waals surface area (Å²) in [7, 11) is 0. The smallest absolute Gasteiger partial charge is 0.258 e. The molecule has 2 aromatic carbocycles. The average molecular weight is 263 g/mol. The van der Waals surface area contributed by atoms with Crippen molar-refractivity contribution in [2.24, 2.45) is 0 Å². The molecule has 1 aromatic heterocycles. The van der Waals surface area contributed by atoms with Crippen LogP contribution in [0.25, 0.3) is 11.3 Å². The Morgan fingerprint density at radius 1 is 0.900 bits per heavy atom. The monoisotopic (exact) mass is 263 g/mol. The Hall–Kier alpha value is -2.81. The lowest BCUT2D eigenvalue weighted by Crippen LogP contribution is -2.10. The second kappa shape index (κ2) is 5.45. The second-order valence-corrected chi connectivity index (χ2v) is 4.39. The maximum Gasteiger partial charge on any atom is 0.258 e. The van der Waals surface area contributed by atoms with Crippen LogP contribution in [0.4, 0.5) is 5.69 Å². The van der Waals surface area contributed by atoms with E-state index < -0.39 is 0 Å². The van der Waals surface area contributed by atoms with Crippen molar-refractivity contribution < 1.29 is 9.21 Å². The Morgan fingerprint density at radius 3 is 2.25 bits per heavy atom. The molecule has 0 unspecified atom stereocenters. The predicted octanol–water partition coefficient (Wildman–Crippen LogP) is 4.20. The SMILES string of the molecule is O=C(Nc1ccccc1)c1coc(-c2ccccc2)c1. The first-order valence-electron chi connectivity index (χ1n) is 6.33. The molecule has 3 rings (SSSR count). The molecule has 0 saturated carbocycles. The molecule has 0 aliphatic carbocycles. The third-order valence-electron chi connectivity index (χ3n) is 2.95. The van der Waals surface area contributed by atoms with E-state index in [2.05, 4.69) is 5.32 Å². The largest absolute Gasteiger partial charge is 0.464 e. The number of carbonyl (C=O) groups is 1. The first-order chi connectivity index (χ1) is 9.83. The van der Waals surface area contributed by atoms with Gasteiger partial charge in [-0.1, -0.05) is 48.5 Å². The maximum atomic E-state index is 12.1. The fraction of sp³-hybridized carbons (Fsp3) is 0. The lowest BCUT2D eigenvalue weighted by atomic mass is 10.1. The van der Waals surface area contributed by atoms with E-state index in [4.69, 9.17) is 4.42 Å². The molecule has 20 heavy (non-hydrogen) atoms. The number of anilines is 1. The van der Waals surface area contributed by atoms with Gasteiger partial charge >= 0.3 is 0 Å². The van der Waals surface area contributed by atoms with E-state index in [1.165, 1.54) is 6.26 Å². The number of rotatable bonds is 3. The number of hydrogen-bond acceptors (Lipinski definition) is 2. The molecule has 0 saturated heterocycles. The van der Waals surface area contributed by atoms with Gasteiger partial charge in [0, 0.05) is 11.3 Å². The summed E-state index contributed by atoms with van der Waals surface area (Å²) in [6.07, 6.45) is 1.47. The molecule has 98 valence electrons. The topological polar surface area (TPSA) is 42.2 Å². The molecule has 1 amide bonds. The Balaban J connectivity index is 1.79. The molecule has 3 aromatic rings. The zero-order chi connectivity index (χ0) is 13.8. The molecule has 0 radical (unpaired) electrons. The van der Waals surface area contributed by atoms with Gasteiger partial charge in [0.15, 0.2) is 0 Å².